The first kappa shape index (κ1) is 15.7. The maximum Gasteiger partial charge on any atom is 0.223 e. The number of aliphatic hydroxyl groups is 1. The van der Waals surface area contributed by atoms with Crippen molar-refractivity contribution in [1.82, 2.24) is 14.9 Å². The first-order valence-corrected chi connectivity index (χ1v) is 7.78. The van der Waals surface area contributed by atoms with Crippen LogP contribution in [0.4, 0.5) is 4.39 Å². The zero-order chi connectivity index (χ0) is 16.4. The lowest BCUT2D eigenvalue weighted by atomic mass is 9.95. The number of rotatable bonds is 4. The number of carbonyl (C=O) groups excluding carboxylic acids is 1. The number of halogens is 1. The first-order valence-electron chi connectivity index (χ1n) is 7.78. The summed E-state index contributed by atoms with van der Waals surface area (Å²) < 4.78 is 15.0. The molecule has 2 N–H and O–H groups in total. The van der Waals surface area contributed by atoms with Crippen molar-refractivity contribution in [3.63, 3.8) is 0 Å². The maximum absolute atomic E-state index is 12.9. The fourth-order valence-corrected chi connectivity index (χ4v) is 2.94. The van der Waals surface area contributed by atoms with Gasteiger partial charge in [-0.1, -0.05) is 12.1 Å². The van der Waals surface area contributed by atoms with Gasteiger partial charge in [-0.25, -0.2) is 9.37 Å². The Balaban J connectivity index is 1.60. The van der Waals surface area contributed by atoms with Gasteiger partial charge in [-0.05, 0) is 31.0 Å². The molecule has 0 saturated carbocycles. The quantitative estimate of drug-likeness (QED) is 0.904. The largest absolute Gasteiger partial charge is 0.386 e. The predicted molar refractivity (Wildman–Crippen MR) is 83.0 cm³/mol. The molecule has 6 heteroatoms. The standard InChI is InChI=1S/C17H20FN3O2/c1-11(16(22)12-2-4-14(18)5-3-12)20-17(23)13-6-8-21-9-7-19-15(21)10-13/h2-5,7,9,11,13,16,22H,6,8,10H2,1H3,(H,20,23). The zero-order valence-electron chi connectivity index (χ0n) is 12.9. The third kappa shape index (κ3) is 3.42. The Morgan fingerprint density at radius 3 is 2.91 bits per heavy atom. The lowest BCUT2D eigenvalue weighted by molar-refractivity contribution is -0.127. The summed E-state index contributed by atoms with van der Waals surface area (Å²) in [5.41, 5.74) is 0.582. The van der Waals surface area contributed by atoms with Crippen molar-refractivity contribution >= 4 is 5.91 Å². The van der Waals surface area contributed by atoms with Gasteiger partial charge in [0, 0.05) is 31.3 Å². The SMILES string of the molecule is CC(NC(=O)C1CCn2ccnc2C1)C(O)c1ccc(F)cc1. The topological polar surface area (TPSA) is 67.2 Å². The minimum absolute atomic E-state index is 0.0760. The van der Waals surface area contributed by atoms with E-state index >= 15 is 0 Å². The summed E-state index contributed by atoms with van der Waals surface area (Å²) in [5, 5.41) is 13.2. The zero-order valence-corrected chi connectivity index (χ0v) is 12.9. The normalized spacial score (nSPS) is 19.7. The molecule has 0 bridgehead atoms. The summed E-state index contributed by atoms with van der Waals surface area (Å²) in [4.78, 5) is 16.7. The fourth-order valence-electron chi connectivity index (χ4n) is 2.94. The van der Waals surface area contributed by atoms with E-state index in [2.05, 4.69) is 14.9 Å². The van der Waals surface area contributed by atoms with Crippen LogP contribution < -0.4 is 5.32 Å². The third-order valence-corrected chi connectivity index (χ3v) is 4.37. The van der Waals surface area contributed by atoms with Crippen LogP contribution in [-0.4, -0.2) is 26.6 Å². The number of hydrogen-bond donors (Lipinski definition) is 2. The number of carbonyl (C=O) groups is 1. The molecular weight excluding hydrogens is 297 g/mol. The number of aliphatic hydroxyl groups excluding tert-OH is 1. The van der Waals surface area contributed by atoms with E-state index in [1.807, 2.05) is 6.20 Å². The Labute approximate surface area is 134 Å². The molecule has 1 aromatic carbocycles. The number of nitrogens with one attached hydrogen (secondary N) is 1. The summed E-state index contributed by atoms with van der Waals surface area (Å²) in [6, 6.07) is 5.21. The molecule has 1 aromatic heterocycles. The van der Waals surface area contributed by atoms with Crippen molar-refractivity contribution < 1.29 is 14.3 Å². The summed E-state index contributed by atoms with van der Waals surface area (Å²) >= 11 is 0. The van der Waals surface area contributed by atoms with Crippen molar-refractivity contribution in [2.75, 3.05) is 0 Å². The molecule has 3 atom stereocenters. The highest BCUT2D eigenvalue weighted by molar-refractivity contribution is 5.79. The van der Waals surface area contributed by atoms with Crippen molar-refractivity contribution in [2.24, 2.45) is 5.92 Å². The number of aryl methyl sites for hydroxylation is 1. The molecule has 0 fully saturated rings. The fraction of sp³-hybridized carbons (Fsp3) is 0.412. The highest BCUT2D eigenvalue weighted by Crippen LogP contribution is 2.21. The number of benzene rings is 1. The van der Waals surface area contributed by atoms with Gasteiger partial charge in [0.1, 0.15) is 11.6 Å². The first-order chi connectivity index (χ1) is 11.0. The molecule has 0 radical (unpaired) electrons. The van der Waals surface area contributed by atoms with E-state index < -0.39 is 12.1 Å². The molecule has 5 nitrogen and oxygen atoms in total. The number of amides is 1. The molecule has 1 aliphatic heterocycles. The monoisotopic (exact) mass is 317 g/mol. The molecule has 0 aliphatic carbocycles. The molecule has 2 aromatic rings. The van der Waals surface area contributed by atoms with Gasteiger partial charge in [0.25, 0.3) is 0 Å². The molecular formula is C17H20FN3O2. The van der Waals surface area contributed by atoms with Crippen LogP contribution in [0.5, 0.6) is 0 Å². The van der Waals surface area contributed by atoms with Crippen LogP contribution in [0.15, 0.2) is 36.7 Å². The van der Waals surface area contributed by atoms with Crippen LogP contribution in [0, 0.1) is 11.7 Å². The van der Waals surface area contributed by atoms with Crippen LogP contribution in [-0.2, 0) is 17.8 Å². The Morgan fingerprint density at radius 2 is 2.17 bits per heavy atom. The summed E-state index contributed by atoms with van der Waals surface area (Å²) in [6.07, 6.45) is 4.17. The molecule has 3 rings (SSSR count). The Morgan fingerprint density at radius 1 is 1.43 bits per heavy atom. The number of hydrogen-bond acceptors (Lipinski definition) is 3. The second kappa shape index (κ2) is 6.50. The average molecular weight is 317 g/mol. The lowest BCUT2D eigenvalue weighted by Crippen LogP contribution is -2.42. The Kier molecular flexibility index (Phi) is 4.43. The predicted octanol–water partition coefficient (Wildman–Crippen LogP) is 1.82. The average Bonchev–Trinajstić information content (AvgIpc) is 3.02. The lowest BCUT2D eigenvalue weighted by Gasteiger charge is -2.26. The Bertz CT molecular complexity index is 683. The van der Waals surface area contributed by atoms with E-state index in [0.717, 1.165) is 18.8 Å². The van der Waals surface area contributed by atoms with Crippen molar-refractivity contribution in [2.45, 2.75) is 38.5 Å². The van der Waals surface area contributed by atoms with Crippen LogP contribution in [0.2, 0.25) is 0 Å². The van der Waals surface area contributed by atoms with Gasteiger partial charge < -0.3 is 15.0 Å². The van der Waals surface area contributed by atoms with Gasteiger partial charge in [0.15, 0.2) is 0 Å². The summed E-state index contributed by atoms with van der Waals surface area (Å²) in [7, 11) is 0. The van der Waals surface area contributed by atoms with Crippen molar-refractivity contribution in [1.29, 1.82) is 0 Å². The van der Waals surface area contributed by atoms with Crippen LogP contribution in [0.25, 0.3) is 0 Å². The highest BCUT2D eigenvalue weighted by Gasteiger charge is 2.27. The maximum atomic E-state index is 12.9. The van der Waals surface area contributed by atoms with Crippen molar-refractivity contribution in [3.8, 4) is 0 Å². The second-order valence-electron chi connectivity index (χ2n) is 6.02. The smallest absolute Gasteiger partial charge is 0.223 e. The Hall–Kier alpha value is -2.21. The number of aromatic nitrogens is 2. The van der Waals surface area contributed by atoms with Gasteiger partial charge in [-0.15, -0.1) is 0 Å². The van der Waals surface area contributed by atoms with Crippen molar-refractivity contribution in [3.05, 3.63) is 53.9 Å². The molecule has 3 unspecified atom stereocenters. The molecule has 122 valence electrons. The molecule has 0 saturated heterocycles. The number of fused-ring (bicyclic) bond motifs is 1. The van der Waals surface area contributed by atoms with Gasteiger partial charge in [-0.3, -0.25) is 4.79 Å². The molecule has 1 aliphatic rings. The summed E-state index contributed by atoms with van der Waals surface area (Å²) in [5.74, 6) is 0.360. The van der Waals surface area contributed by atoms with E-state index in [9.17, 15) is 14.3 Å². The van der Waals surface area contributed by atoms with E-state index in [1.165, 1.54) is 24.3 Å². The van der Waals surface area contributed by atoms with E-state index in [0.29, 0.717) is 12.0 Å². The number of imidazole rings is 1. The highest BCUT2D eigenvalue weighted by atomic mass is 19.1. The van der Waals surface area contributed by atoms with Gasteiger partial charge in [-0.2, -0.15) is 0 Å². The molecule has 1 amide bonds. The second-order valence-corrected chi connectivity index (χ2v) is 6.02. The van der Waals surface area contributed by atoms with Crippen LogP contribution in [0.3, 0.4) is 0 Å². The number of nitrogens with zero attached hydrogens (tertiary/aromatic N) is 2. The molecule has 0 spiro atoms. The minimum atomic E-state index is -0.870. The van der Waals surface area contributed by atoms with Gasteiger partial charge >= 0.3 is 0 Å². The minimum Gasteiger partial charge on any atom is -0.386 e. The molecule has 23 heavy (non-hydrogen) atoms. The summed E-state index contributed by atoms with van der Waals surface area (Å²) in [6.45, 7) is 2.53. The van der Waals surface area contributed by atoms with E-state index in [4.69, 9.17) is 0 Å². The van der Waals surface area contributed by atoms with Gasteiger partial charge in [0.05, 0.1) is 12.1 Å². The van der Waals surface area contributed by atoms with Crippen LogP contribution in [0.1, 0.15) is 30.8 Å². The third-order valence-electron chi connectivity index (χ3n) is 4.37. The van der Waals surface area contributed by atoms with E-state index in [-0.39, 0.29) is 17.6 Å². The molecule has 2 heterocycles. The van der Waals surface area contributed by atoms with Gasteiger partial charge in [0.2, 0.25) is 5.91 Å². The van der Waals surface area contributed by atoms with E-state index in [1.54, 1.807) is 13.1 Å². The van der Waals surface area contributed by atoms with Crippen LogP contribution >= 0.6 is 0 Å².